The molecule has 0 radical (unpaired) electrons. The average Bonchev–Trinajstić information content (AvgIpc) is 2.97. The molecule has 0 aliphatic rings. The van der Waals surface area contributed by atoms with Crippen molar-refractivity contribution in [3.63, 3.8) is 0 Å². The number of nitrogens with zero attached hydrogens (tertiary/aromatic N) is 1. The van der Waals surface area contributed by atoms with Gasteiger partial charge in [-0.25, -0.2) is 0 Å². The number of hydrogen-bond donors (Lipinski definition) is 0. The first-order chi connectivity index (χ1) is 10.6. The first-order valence-corrected chi connectivity index (χ1v) is 8.33. The highest BCUT2D eigenvalue weighted by Gasteiger charge is 2.22. The number of halogens is 1. The normalized spacial score (nSPS) is 12.3. The lowest BCUT2D eigenvalue weighted by Gasteiger charge is -2.26. The van der Waals surface area contributed by atoms with Crippen LogP contribution in [-0.2, 0) is 0 Å². The van der Waals surface area contributed by atoms with E-state index in [1.807, 2.05) is 67.9 Å². The third-order valence-electron chi connectivity index (χ3n) is 3.97. The van der Waals surface area contributed by atoms with Crippen LogP contribution in [0.4, 0.5) is 0 Å². The Hall–Kier alpha value is -1.84. The summed E-state index contributed by atoms with van der Waals surface area (Å²) < 4.78 is 1.13. The van der Waals surface area contributed by atoms with Gasteiger partial charge in [0.15, 0.2) is 0 Å². The summed E-state index contributed by atoms with van der Waals surface area (Å²) in [6.07, 6.45) is 0. The molecule has 3 rings (SSSR count). The summed E-state index contributed by atoms with van der Waals surface area (Å²) >= 11 is 7.85. The highest BCUT2D eigenvalue weighted by Crippen LogP contribution is 2.30. The Morgan fingerprint density at radius 1 is 1.14 bits per heavy atom. The standard InChI is InChI=1S/C18H16ClNOS/c1-12(13-7-3-5-9-16(13)19)20(2)18(21)15-11-22-17-10-6-4-8-14(15)17/h3-12H,1-2H3. The van der Waals surface area contributed by atoms with Crippen LogP contribution in [0.1, 0.15) is 28.9 Å². The molecule has 0 saturated heterocycles. The third kappa shape index (κ3) is 2.62. The quantitative estimate of drug-likeness (QED) is 0.631. The summed E-state index contributed by atoms with van der Waals surface area (Å²) in [6.45, 7) is 1.99. The molecule has 1 unspecified atom stereocenters. The molecular weight excluding hydrogens is 314 g/mol. The Bertz CT molecular complexity index is 827. The number of amides is 1. The summed E-state index contributed by atoms with van der Waals surface area (Å²) in [4.78, 5) is 14.6. The Balaban J connectivity index is 1.93. The minimum atomic E-state index is -0.0835. The van der Waals surface area contributed by atoms with Gasteiger partial charge < -0.3 is 4.90 Å². The molecule has 4 heteroatoms. The number of fused-ring (bicyclic) bond motifs is 1. The van der Waals surface area contributed by atoms with Gasteiger partial charge in [0.1, 0.15) is 0 Å². The van der Waals surface area contributed by atoms with E-state index < -0.39 is 0 Å². The molecule has 0 aliphatic carbocycles. The molecule has 0 fully saturated rings. The zero-order chi connectivity index (χ0) is 15.7. The van der Waals surface area contributed by atoms with Crippen molar-refractivity contribution in [1.82, 2.24) is 4.90 Å². The molecule has 0 aliphatic heterocycles. The van der Waals surface area contributed by atoms with Gasteiger partial charge in [-0.2, -0.15) is 0 Å². The lowest BCUT2D eigenvalue weighted by Crippen LogP contribution is -2.29. The summed E-state index contributed by atoms with van der Waals surface area (Å²) in [5, 5.41) is 3.63. The Labute approximate surface area is 138 Å². The van der Waals surface area contributed by atoms with E-state index in [0.717, 1.165) is 21.2 Å². The lowest BCUT2D eigenvalue weighted by atomic mass is 10.1. The number of benzene rings is 2. The van der Waals surface area contributed by atoms with Crippen LogP contribution in [0.25, 0.3) is 10.1 Å². The van der Waals surface area contributed by atoms with Crippen LogP contribution in [0.15, 0.2) is 53.9 Å². The van der Waals surface area contributed by atoms with Crippen molar-refractivity contribution in [3.05, 3.63) is 70.1 Å². The predicted octanol–water partition coefficient (Wildman–Crippen LogP) is 5.39. The van der Waals surface area contributed by atoms with Crippen molar-refractivity contribution in [2.75, 3.05) is 7.05 Å². The van der Waals surface area contributed by atoms with Crippen LogP contribution < -0.4 is 0 Å². The van der Waals surface area contributed by atoms with E-state index in [4.69, 9.17) is 11.6 Å². The number of rotatable bonds is 3. The molecule has 0 spiro atoms. The second-order valence-corrected chi connectivity index (χ2v) is 6.58. The largest absolute Gasteiger partial charge is 0.335 e. The van der Waals surface area contributed by atoms with Gasteiger partial charge in [-0.1, -0.05) is 48.0 Å². The molecule has 3 aromatic rings. The van der Waals surface area contributed by atoms with E-state index in [0.29, 0.717) is 5.02 Å². The van der Waals surface area contributed by atoms with Gasteiger partial charge in [-0.3, -0.25) is 4.79 Å². The van der Waals surface area contributed by atoms with E-state index >= 15 is 0 Å². The third-order valence-corrected chi connectivity index (χ3v) is 5.28. The summed E-state index contributed by atoms with van der Waals surface area (Å²) in [5.74, 6) is 0.0184. The number of thiophene rings is 1. The van der Waals surface area contributed by atoms with Crippen molar-refractivity contribution in [2.45, 2.75) is 13.0 Å². The molecule has 0 bridgehead atoms. The summed E-state index contributed by atoms with van der Waals surface area (Å²) in [5.41, 5.74) is 1.71. The molecule has 0 saturated carbocycles. The van der Waals surface area contributed by atoms with Gasteiger partial charge in [0.25, 0.3) is 5.91 Å². The van der Waals surface area contributed by atoms with E-state index in [9.17, 15) is 4.79 Å². The van der Waals surface area contributed by atoms with Gasteiger partial charge in [-0.05, 0) is 24.6 Å². The minimum Gasteiger partial charge on any atom is -0.335 e. The van der Waals surface area contributed by atoms with Gasteiger partial charge in [0.2, 0.25) is 0 Å². The fourth-order valence-electron chi connectivity index (χ4n) is 2.53. The minimum absolute atomic E-state index is 0.0184. The highest BCUT2D eigenvalue weighted by molar-refractivity contribution is 7.17. The molecule has 1 atom stereocenters. The molecule has 2 nitrogen and oxygen atoms in total. The van der Waals surface area contributed by atoms with Crippen LogP contribution in [0, 0.1) is 0 Å². The zero-order valence-corrected chi connectivity index (χ0v) is 14.0. The molecule has 2 aromatic carbocycles. The molecule has 0 N–H and O–H groups in total. The second-order valence-electron chi connectivity index (χ2n) is 5.26. The van der Waals surface area contributed by atoms with Crippen molar-refractivity contribution >= 4 is 38.9 Å². The molecule has 1 amide bonds. The molecule has 1 aromatic heterocycles. The SMILES string of the molecule is CC(c1ccccc1Cl)N(C)C(=O)c1csc2ccccc12. The van der Waals surface area contributed by atoms with E-state index in [-0.39, 0.29) is 11.9 Å². The monoisotopic (exact) mass is 329 g/mol. The van der Waals surface area contributed by atoms with E-state index in [2.05, 4.69) is 0 Å². The Morgan fingerprint density at radius 2 is 1.82 bits per heavy atom. The zero-order valence-electron chi connectivity index (χ0n) is 12.4. The molecule has 1 heterocycles. The van der Waals surface area contributed by atoms with Crippen LogP contribution in [0.5, 0.6) is 0 Å². The van der Waals surface area contributed by atoms with Crippen LogP contribution in [-0.4, -0.2) is 17.9 Å². The van der Waals surface area contributed by atoms with Gasteiger partial charge >= 0.3 is 0 Å². The maximum Gasteiger partial charge on any atom is 0.255 e. The van der Waals surface area contributed by atoms with E-state index in [1.54, 1.807) is 16.2 Å². The number of carbonyl (C=O) groups is 1. The number of carbonyl (C=O) groups excluding carboxylic acids is 1. The topological polar surface area (TPSA) is 20.3 Å². The first-order valence-electron chi connectivity index (χ1n) is 7.07. The van der Waals surface area contributed by atoms with Gasteiger partial charge in [0, 0.05) is 27.5 Å². The highest BCUT2D eigenvalue weighted by atomic mass is 35.5. The fourth-order valence-corrected chi connectivity index (χ4v) is 3.76. The second kappa shape index (κ2) is 6.11. The maximum absolute atomic E-state index is 12.8. The van der Waals surface area contributed by atoms with Crippen LogP contribution in [0.3, 0.4) is 0 Å². The van der Waals surface area contributed by atoms with Crippen molar-refractivity contribution in [2.24, 2.45) is 0 Å². The van der Waals surface area contributed by atoms with Crippen LogP contribution >= 0.6 is 22.9 Å². The van der Waals surface area contributed by atoms with Crippen molar-refractivity contribution < 1.29 is 4.79 Å². The Morgan fingerprint density at radius 3 is 2.59 bits per heavy atom. The predicted molar refractivity (Wildman–Crippen MR) is 93.8 cm³/mol. The van der Waals surface area contributed by atoms with E-state index in [1.165, 1.54) is 0 Å². The first kappa shape index (κ1) is 15.1. The van der Waals surface area contributed by atoms with Gasteiger partial charge in [0.05, 0.1) is 11.6 Å². The fraction of sp³-hybridized carbons (Fsp3) is 0.167. The summed E-state index contributed by atoms with van der Waals surface area (Å²) in [6, 6.07) is 15.5. The van der Waals surface area contributed by atoms with Gasteiger partial charge in [-0.15, -0.1) is 11.3 Å². The molecule has 22 heavy (non-hydrogen) atoms. The van der Waals surface area contributed by atoms with Crippen molar-refractivity contribution in [3.8, 4) is 0 Å². The lowest BCUT2D eigenvalue weighted by molar-refractivity contribution is 0.0745. The van der Waals surface area contributed by atoms with Crippen molar-refractivity contribution in [1.29, 1.82) is 0 Å². The smallest absolute Gasteiger partial charge is 0.255 e. The average molecular weight is 330 g/mol. The molecule has 112 valence electrons. The molecular formula is C18H16ClNOS. The Kier molecular flexibility index (Phi) is 4.19. The summed E-state index contributed by atoms with van der Waals surface area (Å²) in [7, 11) is 1.82. The van der Waals surface area contributed by atoms with Crippen LogP contribution in [0.2, 0.25) is 5.02 Å². The maximum atomic E-state index is 12.8. The number of hydrogen-bond acceptors (Lipinski definition) is 2.